The molecule has 2 amide bonds. The Balaban J connectivity index is 1.66. The Bertz CT molecular complexity index is 2050. The zero-order valence-corrected chi connectivity index (χ0v) is 35.9. The zero-order chi connectivity index (χ0) is 44.2. The Hall–Kier alpha value is -5.12. The number of methoxy groups -OCH3 is 1. The van der Waals surface area contributed by atoms with Crippen LogP contribution in [0.2, 0.25) is 0 Å². The average molecular weight is 837 g/mol. The van der Waals surface area contributed by atoms with Gasteiger partial charge in [0.1, 0.15) is 23.4 Å². The topological polar surface area (TPSA) is 211 Å². The standard InChI is InChI=1S/C45H60N2O13/c1-23-15-14-16-24(2)44(55)46-30-21-32(57-22-33(49)47-18-12-10-11-13-19-47)34-35(40(30)53)39(52)28(6)42-36(34)43(54)45(8,60-42)58-20-17-31(56-9)25(3)41(59-29(7)48)27(5)38(51)26(4)37(23)50/h14-17,20-21,23,25-27,31,37-38,41,50-53H,10-13,18-19,22H2,1-9H3,(H,46,55)/b15-14+,20-17+,24-16-/t23-,25-,26-,27-,31+,37-,38+,41-,45+/m1/s1. The molecule has 4 aliphatic rings. The number of esters is 1. The number of phenols is 2. The average Bonchev–Trinajstić information content (AvgIpc) is 3.35. The van der Waals surface area contributed by atoms with Gasteiger partial charge in [0.25, 0.3) is 17.6 Å². The lowest BCUT2D eigenvalue weighted by Crippen LogP contribution is -2.46. The van der Waals surface area contributed by atoms with E-state index >= 15 is 0 Å². The second-order valence-corrected chi connectivity index (χ2v) is 16.5. The van der Waals surface area contributed by atoms with Gasteiger partial charge in [-0.3, -0.25) is 19.2 Å². The number of benzene rings is 2. The van der Waals surface area contributed by atoms with Crippen LogP contribution in [-0.4, -0.2) is 106 Å². The van der Waals surface area contributed by atoms with Gasteiger partial charge in [0, 0.05) is 80.3 Å². The highest BCUT2D eigenvalue weighted by atomic mass is 16.7. The van der Waals surface area contributed by atoms with Crippen molar-refractivity contribution in [2.75, 3.05) is 32.1 Å². The number of carbonyl (C=O) groups is 4. The number of ether oxygens (including phenoxy) is 5. The fourth-order valence-corrected chi connectivity index (χ4v) is 8.30. The number of nitrogens with zero attached hydrogens (tertiary/aromatic N) is 1. The van der Waals surface area contributed by atoms with Gasteiger partial charge >= 0.3 is 11.8 Å². The first kappa shape index (κ1) is 46.0. The number of anilines is 1. The number of aliphatic hydroxyl groups is 2. The molecule has 5 bridgehead atoms. The number of rotatable bonds is 5. The maximum absolute atomic E-state index is 14.5. The maximum atomic E-state index is 14.5. The predicted octanol–water partition coefficient (Wildman–Crippen LogP) is 5.83. The van der Waals surface area contributed by atoms with E-state index < -0.39 is 89.6 Å². The van der Waals surface area contributed by atoms with Crippen molar-refractivity contribution in [3.8, 4) is 23.0 Å². The largest absolute Gasteiger partial charge is 0.507 e. The molecule has 6 rings (SSSR count). The molecular weight excluding hydrogens is 776 g/mol. The second kappa shape index (κ2) is 19.1. The molecule has 4 heterocycles. The quantitative estimate of drug-likeness (QED) is 0.178. The van der Waals surface area contributed by atoms with E-state index in [-0.39, 0.29) is 50.6 Å². The van der Waals surface area contributed by atoms with Gasteiger partial charge in [0.15, 0.2) is 12.4 Å². The van der Waals surface area contributed by atoms with E-state index in [0.29, 0.717) is 13.1 Å². The van der Waals surface area contributed by atoms with E-state index in [0.717, 1.165) is 25.7 Å². The lowest BCUT2D eigenvalue weighted by atomic mass is 9.78. The first-order chi connectivity index (χ1) is 28.3. The van der Waals surface area contributed by atoms with E-state index in [1.165, 1.54) is 59.3 Å². The first-order valence-electron chi connectivity index (χ1n) is 20.6. The highest BCUT2D eigenvalue weighted by Crippen LogP contribution is 2.54. The van der Waals surface area contributed by atoms with Crippen LogP contribution in [0.1, 0.15) is 90.1 Å². The van der Waals surface area contributed by atoms with Crippen molar-refractivity contribution in [2.45, 2.75) is 111 Å². The molecular formula is C45H60N2O13. The summed E-state index contributed by atoms with van der Waals surface area (Å²) in [5, 5.41) is 48.6. The van der Waals surface area contributed by atoms with Gasteiger partial charge in [-0.1, -0.05) is 58.8 Å². The summed E-state index contributed by atoms with van der Waals surface area (Å²) >= 11 is 0. The van der Waals surface area contributed by atoms with Crippen LogP contribution in [0, 0.1) is 30.6 Å². The van der Waals surface area contributed by atoms with Crippen LogP contribution in [-0.2, 0) is 28.6 Å². The third-order valence-electron chi connectivity index (χ3n) is 12.1. The molecule has 1 saturated heterocycles. The molecule has 0 radical (unpaired) electrons. The molecule has 4 aliphatic heterocycles. The molecule has 60 heavy (non-hydrogen) atoms. The van der Waals surface area contributed by atoms with Crippen molar-refractivity contribution in [3.63, 3.8) is 0 Å². The molecule has 9 atom stereocenters. The number of amides is 2. The molecule has 0 aliphatic carbocycles. The highest BCUT2D eigenvalue weighted by molar-refractivity contribution is 6.21. The number of likely N-dealkylation sites (tertiary alicyclic amines) is 1. The molecule has 328 valence electrons. The number of allylic oxidation sites excluding steroid dienone is 2. The predicted molar refractivity (Wildman–Crippen MR) is 223 cm³/mol. The van der Waals surface area contributed by atoms with Crippen LogP contribution in [0.5, 0.6) is 23.0 Å². The molecule has 5 N–H and O–H groups in total. The van der Waals surface area contributed by atoms with Crippen molar-refractivity contribution in [3.05, 3.63) is 53.3 Å². The molecule has 15 heteroatoms. The molecule has 0 aromatic heterocycles. The Morgan fingerprint density at radius 1 is 0.933 bits per heavy atom. The van der Waals surface area contributed by atoms with E-state index in [1.54, 1.807) is 44.7 Å². The monoisotopic (exact) mass is 836 g/mol. The normalized spacial score (nSPS) is 31.3. The number of Topliss-reactive ketones (excluding diaryl/α,β-unsaturated/α-hetero) is 1. The minimum atomic E-state index is -2.02. The van der Waals surface area contributed by atoms with Gasteiger partial charge in [0.2, 0.25) is 0 Å². The van der Waals surface area contributed by atoms with Crippen LogP contribution < -0.4 is 14.8 Å². The number of fused-ring (bicyclic) bond motifs is 14. The van der Waals surface area contributed by atoms with E-state index in [1.807, 2.05) is 0 Å². The van der Waals surface area contributed by atoms with Crippen LogP contribution in [0.25, 0.3) is 10.8 Å². The van der Waals surface area contributed by atoms with Crippen LogP contribution in [0.3, 0.4) is 0 Å². The van der Waals surface area contributed by atoms with Crippen LogP contribution >= 0.6 is 0 Å². The summed E-state index contributed by atoms with van der Waals surface area (Å²) in [6.45, 7) is 13.3. The van der Waals surface area contributed by atoms with Crippen molar-refractivity contribution >= 4 is 40.0 Å². The van der Waals surface area contributed by atoms with Crippen LogP contribution in [0.15, 0.2) is 42.2 Å². The fraction of sp³-hybridized carbons (Fsp3) is 0.556. The summed E-state index contributed by atoms with van der Waals surface area (Å²) in [7, 11) is 1.44. The third kappa shape index (κ3) is 9.43. The van der Waals surface area contributed by atoms with E-state index in [4.69, 9.17) is 23.7 Å². The first-order valence-corrected chi connectivity index (χ1v) is 20.6. The Morgan fingerprint density at radius 2 is 1.60 bits per heavy atom. The van der Waals surface area contributed by atoms with Crippen molar-refractivity contribution in [1.82, 2.24) is 4.90 Å². The smallest absolute Gasteiger partial charge is 0.312 e. The van der Waals surface area contributed by atoms with Crippen molar-refractivity contribution in [2.24, 2.45) is 23.7 Å². The van der Waals surface area contributed by atoms with E-state index in [9.17, 15) is 39.6 Å². The summed E-state index contributed by atoms with van der Waals surface area (Å²) in [6, 6.07) is 1.29. The molecule has 0 unspecified atom stereocenters. The maximum Gasteiger partial charge on any atom is 0.312 e. The molecule has 0 spiro atoms. The summed E-state index contributed by atoms with van der Waals surface area (Å²) in [5.74, 6) is -7.83. The van der Waals surface area contributed by atoms with Gasteiger partial charge in [0.05, 0.1) is 41.2 Å². The lowest BCUT2D eigenvalue weighted by Gasteiger charge is -2.38. The van der Waals surface area contributed by atoms with Gasteiger partial charge in [-0.25, -0.2) is 0 Å². The molecule has 1 fully saturated rings. The van der Waals surface area contributed by atoms with Crippen molar-refractivity contribution in [1.29, 1.82) is 0 Å². The number of hydrogen-bond donors (Lipinski definition) is 5. The van der Waals surface area contributed by atoms with Gasteiger partial charge in [-0.2, -0.15) is 0 Å². The number of ketones is 1. The number of phenolic OH excluding ortho intramolecular Hbond substituents is 2. The number of aromatic hydroxyl groups is 2. The summed E-state index contributed by atoms with van der Waals surface area (Å²) < 4.78 is 29.9. The zero-order valence-electron chi connectivity index (χ0n) is 35.9. The van der Waals surface area contributed by atoms with Gasteiger partial charge in [-0.15, -0.1) is 0 Å². The van der Waals surface area contributed by atoms with Gasteiger partial charge in [-0.05, 0) is 32.8 Å². The van der Waals surface area contributed by atoms with Gasteiger partial charge < -0.3 is 54.3 Å². The summed E-state index contributed by atoms with van der Waals surface area (Å²) in [5.41, 5.74) is 0.0423. The summed E-state index contributed by atoms with van der Waals surface area (Å²) in [4.78, 5) is 55.6. The fourth-order valence-electron chi connectivity index (χ4n) is 8.30. The minimum absolute atomic E-state index is 0.0446. The van der Waals surface area contributed by atoms with E-state index in [2.05, 4.69) is 5.32 Å². The minimum Gasteiger partial charge on any atom is -0.507 e. The molecule has 15 nitrogen and oxygen atoms in total. The van der Waals surface area contributed by atoms with Crippen LogP contribution in [0.4, 0.5) is 5.69 Å². The Kier molecular flexibility index (Phi) is 14.6. The molecule has 0 saturated carbocycles. The number of carbonyl (C=O) groups excluding carboxylic acids is 4. The second-order valence-electron chi connectivity index (χ2n) is 16.5. The Labute approximate surface area is 351 Å². The highest BCUT2D eigenvalue weighted by Gasteiger charge is 2.50. The third-order valence-corrected chi connectivity index (χ3v) is 12.1. The SMILES string of the molecule is CO[C@H]1/C=C/O[C@@]2(C)Oc3c(C)c(O)c4c(O)c(cc(OCC(=O)N5CCCCCC5)c4c3C2=O)NC(=O)/C(C)=C\C=C\[C@@H](C)[C@@H](O)[C@@H](C)[C@H](O)[C@@H](C)[C@H](OC(C)=O)[C@@H]1C. The molecule has 2 aromatic carbocycles. The number of nitrogens with one attached hydrogen (secondary N) is 1. The Morgan fingerprint density at radius 3 is 2.23 bits per heavy atom. The molecule has 2 aromatic rings. The summed E-state index contributed by atoms with van der Waals surface area (Å²) in [6.07, 6.45) is 7.37. The number of hydrogen-bond acceptors (Lipinski definition) is 13. The lowest BCUT2D eigenvalue weighted by molar-refractivity contribution is -0.160. The number of aliphatic hydroxyl groups excluding tert-OH is 2. The van der Waals surface area contributed by atoms with Crippen molar-refractivity contribution < 1.29 is 63.3 Å².